The van der Waals surface area contributed by atoms with Crippen LogP contribution in [0.1, 0.15) is 29.8 Å². The average molecular weight is 517 g/mol. The summed E-state index contributed by atoms with van der Waals surface area (Å²) < 4.78 is 35.4. The first-order valence-electron chi connectivity index (χ1n) is 11.4. The Morgan fingerprint density at radius 1 is 1.03 bits per heavy atom. The number of fused-ring (bicyclic) bond motifs is 1. The third kappa shape index (κ3) is 5.02. The van der Waals surface area contributed by atoms with Crippen molar-refractivity contribution in [1.82, 2.24) is 13.8 Å². The third-order valence-electron chi connectivity index (χ3n) is 5.99. The molecule has 2 amide bonds. The van der Waals surface area contributed by atoms with Crippen molar-refractivity contribution in [3.63, 3.8) is 0 Å². The predicted molar refractivity (Wildman–Crippen MR) is 134 cm³/mol. The van der Waals surface area contributed by atoms with Crippen molar-refractivity contribution in [2.75, 3.05) is 32.8 Å². The van der Waals surface area contributed by atoms with Gasteiger partial charge in [0.15, 0.2) is 4.80 Å². The Labute approximate surface area is 208 Å². The molecule has 1 aliphatic heterocycles. The molecule has 1 aromatic heterocycles. The molecule has 4 rings (SSSR count). The molecule has 2 aromatic carbocycles. The first-order chi connectivity index (χ1) is 16.8. The summed E-state index contributed by atoms with van der Waals surface area (Å²) in [6.45, 7) is 4.97. The molecule has 1 fully saturated rings. The van der Waals surface area contributed by atoms with Crippen LogP contribution in [-0.4, -0.2) is 67.0 Å². The van der Waals surface area contributed by atoms with E-state index in [0.717, 1.165) is 16.6 Å². The zero-order chi connectivity index (χ0) is 25.2. The molecule has 0 spiro atoms. The summed E-state index contributed by atoms with van der Waals surface area (Å²) >= 11 is 1.44. The Balaban J connectivity index is 1.51. The lowest BCUT2D eigenvalue weighted by molar-refractivity contribution is 0.0933. The Hall–Kier alpha value is -3.02. The first-order valence-corrected chi connectivity index (χ1v) is 13.7. The fourth-order valence-electron chi connectivity index (χ4n) is 4.07. The second-order valence-corrected chi connectivity index (χ2v) is 11.0. The van der Waals surface area contributed by atoms with Crippen LogP contribution in [0, 0.1) is 0 Å². The van der Waals surface area contributed by atoms with E-state index in [0.29, 0.717) is 10.4 Å². The van der Waals surface area contributed by atoms with Crippen molar-refractivity contribution >= 4 is 43.6 Å². The lowest BCUT2D eigenvalue weighted by Crippen LogP contribution is -2.50. The fraction of sp³-hybridized carbons (Fsp3) is 0.375. The minimum absolute atomic E-state index is 0.0960. The Kier molecular flexibility index (Phi) is 7.39. The van der Waals surface area contributed by atoms with Gasteiger partial charge in [0, 0.05) is 38.8 Å². The zero-order valence-corrected chi connectivity index (χ0v) is 21.6. The molecule has 0 atom stereocenters. The summed E-state index contributed by atoms with van der Waals surface area (Å²) in [5.41, 5.74) is 2.56. The maximum atomic E-state index is 13.0. The van der Waals surface area contributed by atoms with Crippen LogP contribution in [0.25, 0.3) is 10.2 Å². The number of aromatic nitrogens is 1. The van der Waals surface area contributed by atoms with Gasteiger partial charge in [-0.25, -0.2) is 13.2 Å². The number of aryl methyl sites for hydroxylation is 2. The molecule has 1 aliphatic rings. The number of rotatable bonds is 5. The average Bonchev–Trinajstić information content (AvgIpc) is 3.19. The van der Waals surface area contributed by atoms with Crippen molar-refractivity contribution in [3.05, 3.63) is 58.4 Å². The van der Waals surface area contributed by atoms with E-state index in [4.69, 9.17) is 4.74 Å². The third-order valence-corrected chi connectivity index (χ3v) is 9.00. The SMILES string of the molecule is CCOC(=O)N1CCN(S(=O)(=O)c2ccc(C(=O)N=c3sc4cccc(CC)c4n3C)cc2)CC1. The summed E-state index contributed by atoms with van der Waals surface area (Å²) in [4.78, 5) is 31.2. The molecule has 186 valence electrons. The number of amides is 2. The normalized spacial score (nSPS) is 15.5. The van der Waals surface area contributed by atoms with Crippen LogP contribution in [0.2, 0.25) is 0 Å². The minimum atomic E-state index is -3.75. The smallest absolute Gasteiger partial charge is 0.409 e. The van der Waals surface area contributed by atoms with Gasteiger partial charge >= 0.3 is 6.09 Å². The molecule has 0 bridgehead atoms. The van der Waals surface area contributed by atoms with E-state index in [-0.39, 0.29) is 37.7 Å². The number of ether oxygens (including phenoxy) is 1. The Morgan fingerprint density at radius 3 is 2.34 bits per heavy atom. The van der Waals surface area contributed by atoms with Crippen LogP contribution in [0.3, 0.4) is 0 Å². The molecule has 11 heteroatoms. The van der Waals surface area contributed by atoms with Crippen molar-refractivity contribution in [1.29, 1.82) is 0 Å². The first kappa shape index (κ1) is 25.1. The Bertz CT molecular complexity index is 1420. The number of nitrogens with zero attached hydrogens (tertiary/aromatic N) is 4. The topological polar surface area (TPSA) is 101 Å². The van der Waals surface area contributed by atoms with Crippen LogP contribution < -0.4 is 4.80 Å². The molecule has 35 heavy (non-hydrogen) atoms. The molecule has 0 unspecified atom stereocenters. The van der Waals surface area contributed by atoms with Gasteiger partial charge in [-0.2, -0.15) is 9.30 Å². The number of carbonyl (C=O) groups is 2. The number of hydrogen-bond acceptors (Lipinski definition) is 6. The highest BCUT2D eigenvalue weighted by atomic mass is 32.2. The number of hydrogen-bond donors (Lipinski definition) is 0. The maximum Gasteiger partial charge on any atom is 0.409 e. The van der Waals surface area contributed by atoms with Crippen LogP contribution in [0.15, 0.2) is 52.4 Å². The van der Waals surface area contributed by atoms with Gasteiger partial charge in [0.05, 0.1) is 21.7 Å². The molecule has 9 nitrogen and oxygen atoms in total. The second kappa shape index (κ2) is 10.3. The van der Waals surface area contributed by atoms with Gasteiger partial charge in [-0.15, -0.1) is 0 Å². The van der Waals surface area contributed by atoms with Gasteiger partial charge in [0.2, 0.25) is 10.0 Å². The van der Waals surface area contributed by atoms with Gasteiger partial charge in [-0.05, 0) is 49.2 Å². The number of sulfonamides is 1. The molecule has 2 heterocycles. The van der Waals surface area contributed by atoms with Gasteiger partial charge in [0.1, 0.15) is 0 Å². The largest absolute Gasteiger partial charge is 0.450 e. The van der Waals surface area contributed by atoms with Crippen LogP contribution in [0.5, 0.6) is 0 Å². The zero-order valence-electron chi connectivity index (χ0n) is 19.9. The van der Waals surface area contributed by atoms with Gasteiger partial charge in [-0.3, -0.25) is 4.79 Å². The highest BCUT2D eigenvalue weighted by Crippen LogP contribution is 2.22. The Morgan fingerprint density at radius 2 is 1.71 bits per heavy atom. The highest BCUT2D eigenvalue weighted by Gasteiger charge is 2.30. The van der Waals surface area contributed by atoms with E-state index in [9.17, 15) is 18.0 Å². The molecule has 0 saturated carbocycles. The minimum Gasteiger partial charge on any atom is -0.450 e. The van der Waals surface area contributed by atoms with E-state index < -0.39 is 22.0 Å². The summed E-state index contributed by atoms with van der Waals surface area (Å²) in [7, 11) is -1.86. The lowest BCUT2D eigenvalue weighted by atomic mass is 10.1. The summed E-state index contributed by atoms with van der Waals surface area (Å²) in [5.74, 6) is -0.433. The van der Waals surface area contributed by atoms with E-state index in [2.05, 4.69) is 18.0 Å². The molecule has 3 aromatic rings. The standard InChI is InChI=1S/C24H28N4O5S2/c1-4-17-7-6-8-20-21(17)26(3)23(34-20)25-22(29)18-9-11-19(12-10-18)35(31,32)28-15-13-27(14-16-28)24(30)33-5-2/h6-12H,4-5,13-16H2,1-3H3. The van der Waals surface area contributed by atoms with Crippen molar-refractivity contribution in [2.45, 2.75) is 25.2 Å². The quantitative estimate of drug-likeness (QED) is 0.519. The van der Waals surface area contributed by atoms with E-state index in [1.807, 2.05) is 23.7 Å². The van der Waals surface area contributed by atoms with Gasteiger partial charge in [-0.1, -0.05) is 30.4 Å². The molecular formula is C24H28N4O5S2. The summed E-state index contributed by atoms with van der Waals surface area (Å²) in [5, 5.41) is 0. The predicted octanol–water partition coefficient (Wildman–Crippen LogP) is 3.01. The van der Waals surface area contributed by atoms with Crippen molar-refractivity contribution < 1.29 is 22.7 Å². The lowest BCUT2D eigenvalue weighted by Gasteiger charge is -2.33. The van der Waals surface area contributed by atoms with E-state index in [1.165, 1.54) is 50.4 Å². The van der Waals surface area contributed by atoms with Crippen molar-refractivity contribution in [3.8, 4) is 0 Å². The van der Waals surface area contributed by atoms with E-state index >= 15 is 0 Å². The molecular weight excluding hydrogens is 488 g/mol. The number of benzene rings is 2. The summed E-state index contributed by atoms with van der Waals surface area (Å²) in [6.07, 6.45) is 0.442. The summed E-state index contributed by atoms with van der Waals surface area (Å²) in [6, 6.07) is 11.9. The van der Waals surface area contributed by atoms with Crippen molar-refractivity contribution in [2.24, 2.45) is 12.0 Å². The van der Waals surface area contributed by atoms with Gasteiger partial charge < -0.3 is 14.2 Å². The molecule has 0 aliphatic carbocycles. The highest BCUT2D eigenvalue weighted by molar-refractivity contribution is 7.89. The van der Waals surface area contributed by atoms with Crippen LogP contribution >= 0.6 is 11.3 Å². The molecule has 0 N–H and O–H groups in total. The number of para-hydroxylation sites is 1. The monoisotopic (exact) mass is 516 g/mol. The van der Waals surface area contributed by atoms with E-state index in [1.54, 1.807) is 6.92 Å². The molecule has 1 saturated heterocycles. The number of piperazine rings is 1. The number of thiazole rings is 1. The number of carbonyl (C=O) groups excluding carboxylic acids is 2. The maximum absolute atomic E-state index is 13.0. The molecule has 0 radical (unpaired) electrons. The second-order valence-electron chi connectivity index (χ2n) is 8.09. The van der Waals surface area contributed by atoms with Crippen LogP contribution in [0.4, 0.5) is 4.79 Å². The van der Waals surface area contributed by atoms with Crippen LogP contribution in [-0.2, 0) is 28.2 Å². The van der Waals surface area contributed by atoms with Gasteiger partial charge in [0.25, 0.3) is 5.91 Å². The fourth-order valence-corrected chi connectivity index (χ4v) is 6.56.